The fourth-order valence-electron chi connectivity index (χ4n) is 2.15. The monoisotopic (exact) mass is 325 g/mol. The highest BCUT2D eigenvalue weighted by molar-refractivity contribution is 7.89. The number of anilines is 1. The fraction of sp³-hybridized carbons (Fsp3) is 0.308. The summed E-state index contributed by atoms with van der Waals surface area (Å²) >= 11 is 1.36. The average Bonchev–Trinajstić information content (AvgIpc) is 2.95. The van der Waals surface area contributed by atoms with Crippen molar-refractivity contribution >= 4 is 26.5 Å². The van der Waals surface area contributed by atoms with Gasteiger partial charge in [0.1, 0.15) is 0 Å². The Morgan fingerprint density at radius 1 is 1.19 bits per heavy atom. The zero-order valence-electron chi connectivity index (χ0n) is 11.2. The van der Waals surface area contributed by atoms with E-state index in [-0.39, 0.29) is 4.90 Å². The summed E-state index contributed by atoms with van der Waals surface area (Å²) in [5.41, 5.74) is 7.21. The van der Waals surface area contributed by atoms with Gasteiger partial charge in [-0.05, 0) is 12.1 Å². The van der Waals surface area contributed by atoms with Crippen LogP contribution < -0.4 is 5.73 Å². The Balaban J connectivity index is 1.86. The SMILES string of the molecule is Nc1nc(-c2ccc(S(=O)(=O)N3CCOCC3)cc2)cs1. The van der Waals surface area contributed by atoms with Crippen molar-refractivity contribution in [3.8, 4) is 11.3 Å². The molecule has 21 heavy (non-hydrogen) atoms. The average molecular weight is 325 g/mol. The van der Waals surface area contributed by atoms with Crippen molar-refractivity contribution in [2.75, 3.05) is 32.0 Å². The normalized spacial score (nSPS) is 17.0. The largest absolute Gasteiger partial charge is 0.379 e. The molecule has 1 aromatic heterocycles. The van der Waals surface area contributed by atoms with Gasteiger partial charge in [-0.2, -0.15) is 4.31 Å². The molecule has 0 radical (unpaired) electrons. The van der Waals surface area contributed by atoms with Crippen molar-refractivity contribution < 1.29 is 13.2 Å². The third kappa shape index (κ3) is 2.93. The van der Waals surface area contributed by atoms with Gasteiger partial charge in [0.25, 0.3) is 0 Å². The van der Waals surface area contributed by atoms with Gasteiger partial charge in [-0.15, -0.1) is 11.3 Å². The molecular formula is C13H15N3O3S2. The number of rotatable bonds is 3. The second-order valence-electron chi connectivity index (χ2n) is 4.61. The predicted molar refractivity (Wildman–Crippen MR) is 81.5 cm³/mol. The number of aromatic nitrogens is 1. The molecule has 2 heterocycles. The van der Waals surface area contributed by atoms with Gasteiger partial charge in [0.05, 0.1) is 23.8 Å². The van der Waals surface area contributed by atoms with E-state index in [9.17, 15) is 8.42 Å². The number of nitrogen functional groups attached to an aromatic ring is 1. The number of thiazole rings is 1. The Hall–Kier alpha value is -1.48. The minimum Gasteiger partial charge on any atom is -0.379 e. The molecule has 0 saturated carbocycles. The van der Waals surface area contributed by atoms with Gasteiger partial charge in [-0.1, -0.05) is 12.1 Å². The molecule has 2 N–H and O–H groups in total. The van der Waals surface area contributed by atoms with Crippen LogP contribution in [0.15, 0.2) is 34.5 Å². The number of nitrogens with two attached hydrogens (primary N) is 1. The summed E-state index contributed by atoms with van der Waals surface area (Å²) in [6, 6.07) is 6.72. The number of hydrogen-bond donors (Lipinski definition) is 1. The number of ether oxygens (including phenoxy) is 1. The van der Waals surface area contributed by atoms with E-state index in [1.807, 2.05) is 5.38 Å². The van der Waals surface area contributed by atoms with Crippen LogP contribution in [0.4, 0.5) is 5.13 Å². The van der Waals surface area contributed by atoms with E-state index >= 15 is 0 Å². The van der Waals surface area contributed by atoms with E-state index in [1.165, 1.54) is 15.6 Å². The Kier molecular flexibility index (Phi) is 3.94. The van der Waals surface area contributed by atoms with E-state index in [4.69, 9.17) is 10.5 Å². The van der Waals surface area contributed by atoms with E-state index in [0.29, 0.717) is 31.4 Å². The van der Waals surface area contributed by atoms with Crippen LogP contribution in [0, 0.1) is 0 Å². The van der Waals surface area contributed by atoms with E-state index in [0.717, 1.165) is 11.3 Å². The van der Waals surface area contributed by atoms with E-state index < -0.39 is 10.0 Å². The highest BCUT2D eigenvalue weighted by atomic mass is 32.2. The number of nitrogens with zero attached hydrogens (tertiary/aromatic N) is 2. The van der Waals surface area contributed by atoms with Gasteiger partial charge in [-0.3, -0.25) is 0 Å². The van der Waals surface area contributed by atoms with Crippen molar-refractivity contribution in [1.82, 2.24) is 9.29 Å². The first-order valence-electron chi connectivity index (χ1n) is 6.47. The van der Waals surface area contributed by atoms with Crippen LogP contribution in [-0.2, 0) is 14.8 Å². The number of benzene rings is 1. The smallest absolute Gasteiger partial charge is 0.243 e. The van der Waals surface area contributed by atoms with Gasteiger partial charge in [0, 0.05) is 24.0 Å². The lowest BCUT2D eigenvalue weighted by molar-refractivity contribution is 0.0730. The molecule has 2 aromatic rings. The quantitative estimate of drug-likeness (QED) is 0.922. The van der Waals surface area contributed by atoms with Crippen LogP contribution in [0.25, 0.3) is 11.3 Å². The Morgan fingerprint density at radius 2 is 1.86 bits per heavy atom. The Bertz CT molecular complexity index is 719. The lowest BCUT2D eigenvalue weighted by atomic mass is 10.2. The van der Waals surface area contributed by atoms with Crippen molar-refractivity contribution in [2.45, 2.75) is 4.90 Å². The molecule has 1 saturated heterocycles. The molecule has 0 bridgehead atoms. The summed E-state index contributed by atoms with van der Waals surface area (Å²) < 4.78 is 31.6. The summed E-state index contributed by atoms with van der Waals surface area (Å²) in [7, 11) is -3.44. The molecule has 3 rings (SSSR count). The minimum absolute atomic E-state index is 0.288. The molecule has 112 valence electrons. The van der Waals surface area contributed by atoms with Gasteiger partial charge >= 0.3 is 0 Å². The highest BCUT2D eigenvalue weighted by Gasteiger charge is 2.26. The van der Waals surface area contributed by atoms with Crippen LogP contribution in [0.5, 0.6) is 0 Å². The highest BCUT2D eigenvalue weighted by Crippen LogP contribution is 2.25. The molecule has 0 unspecified atom stereocenters. The molecule has 1 aromatic carbocycles. The van der Waals surface area contributed by atoms with Crippen LogP contribution in [0.2, 0.25) is 0 Å². The van der Waals surface area contributed by atoms with E-state index in [1.54, 1.807) is 24.3 Å². The lowest BCUT2D eigenvalue weighted by Gasteiger charge is -2.26. The first-order chi connectivity index (χ1) is 10.1. The summed E-state index contributed by atoms with van der Waals surface area (Å²) in [6.07, 6.45) is 0. The van der Waals surface area contributed by atoms with Crippen LogP contribution in [0.3, 0.4) is 0 Å². The Morgan fingerprint density at radius 3 is 2.43 bits per heavy atom. The number of hydrogen-bond acceptors (Lipinski definition) is 6. The molecule has 0 aliphatic carbocycles. The summed E-state index contributed by atoms with van der Waals surface area (Å²) in [5, 5.41) is 2.34. The lowest BCUT2D eigenvalue weighted by Crippen LogP contribution is -2.40. The fourth-order valence-corrected chi connectivity index (χ4v) is 4.13. The van der Waals surface area contributed by atoms with Crippen LogP contribution in [0.1, 0.15) is 0 Å². The standard InChI is InChI=1S/C13H15N3O3S2/c14-13-15-12(9-20-13)10-1-3-11(4-2-10)21(17,18)16-5-7-19-8-6-16/h1-4,9H,5-8H2,(H2,14,15). The van der Waals surface area contributed by atoms with Gasteiger partial charge in [0.2, 0.25) is 10.0 Å². The predicted octanol–water partition coefficient (Wildman–Crippen LogP) is 1.41. The third-order valence-corrected chi connectivity index (χ3v) is 5.87. The zero-order valence-corrected chi connectivity index (χ0v) is 12.9. The number of sulfonamides is 1. The summed E-state index contributed by atoms with van der Waals surface area (Å²) in [5.74, 6) is 0. The molecule has 0 amide bonds. The second kappa shape index (κ2) is 5.72. The maximum atomic E-state index is 12.5. The van der Waals surface area contributed by atoms with Gasteiger partial charge in [0.15, 0.2) is 5.13 Å². The maximum absolute atomic E-state index is 12.5. The van der Waals surface area contributed by atoms with Crippen molar-refractivity contribution in [3.63, 3.8) is 0 Å². The second-order valence-corrected chi connectivity index (χ2v) is 7.44. The zero-order chi connectivity index (χ0) is 14.9. The first-order valence-corrected chi connectivity index (χ1v) is 8.79. The molecular weight excluding hydrogens is 310 g/mol. The van der Waals surface area contributed by atoms with Crippen LogP contribution in [-0.4, -0.2) is 44.0 Å². The van der Waals surface area contributed by atoms with Gasteiger partial charge in [-0.25, -0.2) is 13.4 Å². The van der Waals surface area contributed by atoms with Crippen LogP contribution >= 0.6 is 11.3 Å². The van der Waals surface area contributed by atoms with Crippen molar-refractivity contribution in [3.05, 3.63) is 29.6 Å². The third-order valence-electron chi connectivity index (χ3n) is 3.28. The molecule has 8 heteroatoms. The molecule has 1 aliphatic heterocycles. The summed E-state index contributed by atoms with van der Waals surface area (Å²) in [4.78, 5) is 4.47. The number of morpholine rings is 1. The molecule has 1 aliphatic rings. The molecule has 0 spiro atoms. The molecule has 0 atom stereocenters. The van der Waals surface area contributed by atoms with E-state index in [2.05, 4.69) is 4.98 Å². The van der Waals surface area contributed by atoms with Gasteiger partial charge < -0.3 is 10.5 Å². The van der Waals surface area contributed by atoms with Crippen molar-refractivity contribution in [1.29, 1.82) is 0 Å². The molecule has 6 nitrogen and oxygen atoms in total. The molecule has 1 fully saturated rings. The Labute approximate surface area is 127 Å². The first kappa shape index (κ1) is 14.5. The maximum Gasteiger partial charge on any atom is 0.243 e. The van der Waals surface area contributed by atoms with Crippen molar-refractivity contribution in [2.24, 2.45) is 0 Å². The minimum atomic E-state index is -3.44. The topological polar surface area (TPSA) is 85.5 Å². The summed E-state index contributed by atoms with van der Waals surface area (Å²) in [6.45, 7) is 1.67.